The summed E-state index contributed by atoms with van der Waals surface area (Å²) in [5, 5.41) is 6.06. The molecular weight excluding hydrogens is 486 g/mol. The number of ether oxygens (including phenoxy) is 2. The Balaban J connectivity index is 1.52. The van der Waals surface area contributed by atoms with Gasteiger partial charge in [-0.3, -0.25) is 20.0 Å². The molecule has 2 atom stereocenters. The number of carbonyl (C=O) groups is 3. The number of aromatic nitrogens is 1. The van der Waals surface area contributed by atoms with E-state index in [0.717, 1.165) is 21.7 Å². The molecule has 4 rings (SSSR count). The molecule has 0 aliphatic carbocycles. The zero-order valence-electron chi connectivity index (χ0n) is 21.8. The van der Waals surface area contributed by atoms with E-state index in [-0.39, 0.29) is 13.1 Å². The lowest BCUT2D eigenvalue weighted by Gasteiger charge is -2.41. The number of hydrogen-bond acceptors (Lipinski definition) is 7. The summed E-state index contributed by atoms with van der Waals surface area (Å²) in [6.07, 6.45) is 0.828. The Kier molecular flexibility index (Phi) is 8.10. The van der Waals surface area contributed by atoms with Gasteiger partial charge in [0.2, 0.25) is 0 Å². The highest BCUT2D eigenvalue weighted by Gasteiger charge is 2.39. The molecule has 1 unspecified atom stereocenters. The smallest absolute Gasteiger partial charge is 0.331 e. The largest absolute Gasteiger partial charge is 0.469 e. The number of amides is 4. The normalized spacial score (nSPS) is 16.1. The van der Waals surface area contributed by atoms with Crippen LogP contribution in [0.15, 0.2) is 66.9 Å². The zero-order valence-corrected chi connectivity index (χ0v) is 21.8. The van der Waals surface area contributed by atoms with Gasteiger partial charge in [0.1, 0.15) is 11.5 Å². The second kappa shape index (κ2) is 11.6. The Morgan fingerprint density at radius 1 is 1.03 bits per heavy atom. The predicted octanol–water partition coefficient (Wildman–Crippen LogP) is 4.64. The van der Waals surface area contributed by atoms with Crippen LogP contribution in [0.25, 0.3) is 0 Å². The van der Waals surface area contributed by atoms with E-state index in [1.165, 1.54) is 12.0 Å². The van der Waals surface area contributed by atoms with E-state index in [1.54, 1.807) is 37.4 Å². The minimum Gasteiger partial charge on any atom is -0.469 e. The molecule has 1 aliphatic heterocycles. The van der Waals surface area contributed by atoms with Crippen LogP contribution >= 0.6 is 0 Å². The van der Waals surface area contributed by atoms with Crippen molar-refractivity contribution in [2.75, 3.05) is 19.0 Å². The Hall–Kier alpha value is -4.60. The summed E-state index contributed by atoms with van der Waals surface area (Å²) in [7, 11) is 1.27. The third-order valence-electron chi connectivity index (χ3n) is 6.10. The van der Waals surface area contributed by atoms with Crippen LogP contribution in [0.3, 0.4) is 0 Å². The maximum absolute atomic E-state index is 13.5. The van der Waals surface area contributed by atoms with Crippen molar-refractivity contribution in [1.82, 2.24) is 20.1 Å². The zero-order chi connectivity index (χ0) is 27.2. The number of rotatable bonds is 9. The molecule has 0 radical (unpaired) electrons. The van der Waals surface area contributed by atoms with Crippen molar-refractivity contribution in [2.24, 2.45) is 5.92 Å². The fourth-order valence-electron chi connectivity index (χ4n) is 3.93. The van der Waals surface area contributed by atoms with Crippen LogP contribution in [-0.4, -0.2) is 52.8 Å². The Morgan fingerprint density at radius 2 is 1.71 bits per heavy atom. The van der Waals surface area contributed by atoms with Gasteiger partial charge < -0.3 is 14.8 Å². The molecule has 3 aromatic rings. The van der Waals surface area contributed by atoms with Crippen molar-refractivity contribution in [3.8, 4) is 11.5 Å². The number of carbonyl (C=O) groups excluding carboxylic acids is 3. The van der Waals surface area contributed by atoms with Gasteiger partial charge in [-0.05, 0) is 55.8 Å². The maximum atomic E-state index is 13.5. The van der Waals surface area contributed by atoms with Crippen LogP contribution in [0.4, 0.5) is 15.3 Å². The average Bonchev–Trinajstić information content (AvgIpc) is 2.91. The van der Waals surface area contributed by atoms with E-state index < -0.39 is 30.2 Å². The number of imide groups is 1. The van der Waals surface area contributed by atoms with Gasteiger partial charge in [-0.25, -0.2) is 14.5 Å². The summed E-state index contributed by atoms with van der Waals surface area (Å²) < 4.78 is 10.6. The van der Waals surface area contributed by atoms with Crippen LogP contribution in [0.1, 0.15) is 23.7 Å². The van der Waals surface area contributed by atoms with Crippen molar-refractivity contribution in [3.05, 3.63) is 83.7 Å². The van der Waals surface area contributed by atoms with E-state index in [0.29, 0.717) is 17.2 Å². The standard InChI is InChI=1S/C28H31N5O5/c1-18-5-8-21(9-6-18)17-32-26(31-27(35)33(28(32)36)16-19(2)25(34)37-4)30-22-10-13-23(14-11-22)38-24-12-7-20(3)29-15-24/h5-15,19,26,30H,16-17H2,1-4H3,(H,31,35)/t19-,26?/m0/s1. The number of esters is 1. The minimum absolute atomic E-state index is 0.103. The first-order valence-corrected chi connectivity index (χ1v) is 12.2. The van der Waals surface area contributed by atoms with Crippen LogP contribution in [0.5, 0.6) is 11.5 Å². The summed E-state index contributed by atoms with van der Waals surface area (Å²) >= 11 is 0. The number of benzene rings is 2. The topological polar surface area (TPSA) is 113 Å². The first kappa shape index (κ1) is 26.5. The molecule has 2 heterocycles. The summed E-state index contributed by atoms with van der Waals surface area (Å²) in [4.78, 5) is 45.1. The van der Waals surface area contributed by atoms with Gasteiger partial charge in [-0.1, -0.05) is 36.8 Å². The van der Waals surface area contributed by atoms with Crippen molar-refractivity contribution < 1.29 is 23.9 Å². The van der Waals surface area contributed by atoms with Gasteiger partial charge in [0.15, 0.2) is 6.29 Å². The van der Waals surface area contributed by atoms with Crippen LogP contribution in [-0.2, 0) is 16.1 Å². The Morgan fingerprint density at radius 3 is 2.34 bits per heavy atom. The molecule has 2 aromatic carbocycles. The number of nitrogens with zero attached hydrogens (tertiary/aromatic N) is 3. The minimum atomic E-state index is -0.825. The number of nitrogens with one attached hydrogen (secondary N) is 2. The predicted molar refractivity (Wildman–Crippen MR) is 141 cm³/mol. The molecule has 1 fully saturated rings. The lowest BCUT2D eigenvalue weighted by atomic mass is 10.1. The number of hydrogen-bond donors (Lipinski definition) is 2. The van der Waals surface area contributed by atoms with E-state index in [9.17, 15) is 14.4 Å². The monoisotopic (exact) mass is 517 g/mol. The van der Waals surface area contributed by atoms with Gasteiger partial charge in [-0.15, -0.1) is 0 Å². The second-order valence-corrected chi connectivity index (χ2v) is 9.19. The highest BCUT2D eigenvalue weighted by atomic mass is 16.5. The van der Waals surface area contributed by atoms with E-state index >= 15 is 0 Å². The van der Waals surface area contributed by atoms with Crippen molar-refractivity contribution >= 4 is 23.7 Å². The number of methoxy groups -OCH3 is 1. The molecule has 0 spiro atoms. The summed E-state index contributed by atoms with van der Waals surface area (Å²) in [6, 6.07) is 17.5. The molecule has 1 aromatic heterocycles. The van der Waals surface area contributed by atoms with Gasteiger partial charge in [0.25, 0.3) is 0 Å². The number of pyridine rings is 1. The van der Waals surface area contributed by atoms with E-state index in [1.807, 2.05) is 50.2 Å². The first-order chi connectivity index (χ1) is 18.2. The quantitative estimate of drug-likeness (QED) is 0.398. The van der Waals surface area contributed by atoms with E-state index in [2.05, 4.69) is 15.6 Å². The fourth-order valence-corrected chi connectivity index (χ4v) is 3.93. The molecule has 0 bridgehead atoms. The number of urea groups is 2. The van der Waals surface area contributed by atoms with Gasteiger partial charge in [0.05, 0.1) is 25.8 Å². The van der Waals surface area contributed by atoms with Crippen LogP contribution < -0.4 is 15.4 Å². The molecule has 2 N–H and O–H groups in total. The van der Waals surface area contributed by atoms with Crippen molar-refractivity contribution in [1.29, 1.82) is 0 Å². The molecule has 10 heteroatoms. The third-order valence-corrected chi connectivity index (χ3v) is 6.10. The summed E-state index contributed by atoms with van der Waals surface area (Å²) in [5.74, 6) is 0.0628. The Labute approximate surface area is 221 Å². The Bertz CT molecular complexity index is 1280. The lowest BCUT2D eigenvalue weighted by Crippen LogP contribution is -2.67. The molecular formula is C28H31N5O5. The fraction of sp³-hybridized carbons (Fsp3) is 0.286. The molecule has 198 valence electrons. The van der Waals surface area contributed by atoms with E-state index in [4.69, 9.17) is 9.47 Å². The second-order valence-electron chi connectivity index (χ2n) is 9.19. The first-order valence-electron chi connectivity index (χ1n) is 12.2. The summed E-state index contributed by atoms with van der Waals surface area (Å²) in [6.45, 7) is 5.63. The van der Waals surface area contributed by atoms with Gasteiger partial charge in [-0.2, -0.15) is 0 Å². The van der Waals surface area contributed by atoms with Crippen molar-refractivity contribution in [3.63, 3.8) is 0 Å². The van der Waals surface area contributed by atoms with Gasteiger partial charge in [0, 0.05) is 17.9 Å². The van der Waals surface area contributed by atoms with Gasteiger partial charge >= 0.3 is 18.0 Å². The molecule has 4 amide bonds. The third kappa shape index (κ3) is 6.39. The van der Waals surface area contributed by atoms with Crippen LogP contribution in [0, 0.1) is 19.8 Å². The highest BCUT2D eigenvalue weighted by Crippen LogP contribution is 2.24. The maximum Gasteiger partial charge on any atom is 0.331 e. The average molecular weight is 518 g/mol. The SMILES string of the molecule is COC(=O)[C@@H](C)CN1C(=O)NC(Nc2ccc(Oc3ccc(C)nc3)cc2)N(Cc2ccc(C)cc2)C1=O. The molecule has 10 nitrogen and oxygen atoms in total. The number of anilines is 1. The molecule has 1 saturated heterocycles. The highest BCUT2D eigenvalue weighted by molar-refractivity contribution is 5.96. The molecule has 1 aliphatic rings. The molecule has 38 heavy (non-hydrogen) atoms. The lowest BCUT2D eigenvalue weighted by molar-refractivity contribution is -0.145. The molecule has 0 saturated carbocycles. The van der Waals surface area contributed by atoms with Crippen molar-refractivity contribution in [2.45, 2.75) is 33.6 Å². The number of aryl methyl sites for hydroxylation is 2. The van der Waals surface area contributed by atoms with Crippen LogP contribution in [0.2, 0.25) is 0 Å². The summed E-state index contributed by atoms with van der Waals surface area (Å²) in [5.41, 5.74) is 3.56.